The quantitative estimate of drug-likeness (QED) is 0.792. The fourth-order valence-electron chi connectivity index (χ4n) is 1.61. The van der Waals surface area contributed by atoms with Crippen molar-refractivity contribution < 1.29 is 9.32 Å². The molecule has 1 atom stereocenters. The van der Waals surface area contributed by atoms with Crippen LogP contribution in [-0.4, -0.2) is 16.0 Å². The average molecular weight is 235 g/mol. The Morgan fingerprint density at radius 3 is 2.82 bits per heavy atom. The second-order valence-electron chi connectivity index (χ2n) is 4.70. The van der Waals surface area contributed by atoms with Gasteiger partial charge in [-0.3, -0.25) is 4.79 Å². The van der Waals surface area contributed by atoms with Crippen molar-refractivity contribution in [3.8, 4) is 0 Å². The lowest BCUT2D eigenvalue weighted by atomic mass is 10.0. The van der Waals surface area contributed by atoms with Gasteiger partial charge in [0.05, 0.1) is 0 Å². The lowest BCUT2D eigenvalue weighted by Crippen LogP contribution is -2.30. The van der Waals surface area contributed by atoms with Gasteiger partial charge in [-0.1, -0.05) is 25.6 Å². The Labute approximate surface area is 100 Å². The van der Waals surface area contributed by atoms with Gasteiger partial charge in [0.1, 0.15) is 6.04 Å². The van der Waals surface area contributed by atoms with Crippen LogP contribution in [0, 0.1) is 5.92 Å². The molecule has 1 heterocycles. The van der Waals surface area contributed by atoms with Crippen LogP contribution in [0.5, 0.6) is 0 Å². The van der Waals surface area contributed by atoms with Crippen molar-refractivity contribution >= 4 is 5.91 Å². The molecule has 0 spiro atoms. The summed E-state index contributed by atoms with van der Waals surface area (Å²) in [4.78, 5) is 15.7. The van der Waals surface area contributed by atoms with Crippen LogP contribution in [-0.2, 0) is 4.79 Å². The van der Waals surface area contributed by atoms with Crippen LogP contribution in [0.3, 0.4) is 0 Å². The van der Waals surface area contributed by atoms with Crippen molar-refractivity contribution in [3.05, 3.63) is 24.4 Å². The minimum Gasteiger partial charge on any atom is -0.340 e. The predicted octanol–water partition coefficient (Wildman–Crippen LogP) is 1.95. The molecule has 1 amide bonds. The second kappa shape index (κ2) is 4.69. The van der Waals surface area contributed by atoms with Gasteiger partial charge in [-0.05, 0) is 24.8 Å². The van der Waals surface area contributed by atoms with E-state index in [9.17, 15) is 4.79 Å². The zero-order valence-electron chi connectivity index (χ0n) is 10.1. The van der Waals surface area contributed by atoms with E-state index in [0.717, 1.165) is 18.7 Å². The van der Waals surface area contributed by atoms with E-state index in [1.807, 2.05) is 13.8 Å². The first-order valence-corrected chi connectivity index (χ1v) is 5.88. The summed E-state index contributed by atoms with van der Waals surface area (Å²) in [5.41, 5.74) is 0. The number of hydrogen-bond donors (Lipinski definition) is 1. The minimum atomic E-state index is -0.250. The van der Waals surface area contributed by atoms with Gasteiger partial charge in [-0.25, -0.2) is 0 Å². The predicted molar refractivity (Wildman–Crippen MR) is 62.2 cm³/mol. The lowest BCUT2D eigenvalue weighted by molar-refractivity contribution is -0.117. The number of rotatable bonds is 5. The van der Waals surface area contributed by atoms with Crippen molar-refractivity contribution in [3.63, 3.8) is 0 Å². The highest BCUT2D eigenvalue weighted by Crippen LogP contribution is 2.38. The van der Waals surface area contributed by atoms with Crippen molar-refractivity contribution in [1.29, 1.82) is 0 Å². The van der Waals surface area contributed by atoms with Crippen molar-refractivity contribution in [2.24, 2.45) is 5.92 Å². The van der Waals surface area contributed by atoms with Crippen LogP contribution in [0.1, 0.15) is 50.4 Å². The van der Waals surface area contributed by atoms with E-state index in [0.29, 0.717) is 11.8 Å². The number of nitrogens with zero attached hydrogens (tertiary/aromatic N) is 2. The molecule has 92 valence electrons. The highest BCUT2D eigenvalue weighted by Gasteiger charge is 2.31. The number of aromatic nitrogens is 2. The maximum Gasteiger partial charge on any atom is 0.249 e. The Balaban J connectivity index is 2.12. The van der Waals surface area contributed by atoms with Crippen LogP contribution >= 0.6 is 0 Å². The third-order valence-corrected chi connectivity index (χ3v) is 2.82. The molecule has 5 nitrogen and oxygen atoms in total. The molecule has 1 fully saturated rings. The molecule has 0 radical (unpaired) electrons. The van der Waals surface area contributed by atoms with E-state index in [2.05, 4.69) is 22.0 Å². The van der Waals surface area contributed by atoms with Gasteiger partial charge in [0.25, 0.3) is 0 Å². The summed E-state index contributed by atoms with van der Waals surface area (Å²) in [6.45, 7) is 7.42. The molecule has 1 aromatic heterocycles. The highest BCUT2D eigenvalue weighted by atomic mass is 16.5. The van der Waals surface area contributed by atoms with Gasteiger partial charge in [0.2, 0.25) is 11.8 Å². The monoisotopic (exact) mass is 235 g/mol. The van der Waals surface area contributed by atoms with Crippen molar-refractivity contribution in [2.45, 2.75) is 38.6 Å². The molecule has 0 saturated heterocycles. The SMILES string of the molecule is C=CC(=O)NC(c1nc(C2CC2)no1)C(C)C. The number of nitrogens with one attached hydrogen (secondary N) is 1. The molecule has 17 heavy (non-hydrogen) atoms. The van der Waals surface area contributed by atoms with E-state index in [1.165, 1.54) is 6.08 Å². The molecule has 1 saturated carbocycles. The molecule has 1 N–H and O–H groups in total. The molecular weight excluding hydrogens is 218 g/mol. The first kappa shape index (κ1) is 11.8. The zero-order chi connectivity index (χ0) is 12.4. The Hall–Kier alpha value is -1.65. The second-order valence-corrected chi connectivity index (χ2v) is 4.70. The number of carbonyl (C=O) groups excluding carboxylic acids is 1. The molecule has 2 rings (SSSR count). The Bertz CT molecular complexity index is 421. The summed E-state index contributed by atoms with van der Waals surface area (Å²) in [6.07, 6.45) is 3.50. The summed E-state index contributed by atoms with van der Waals surface area (Å²) in [6, 6.07) is -0.250. The first-order chi connectivity index (χ1) is 8.11. The van der Waals surface area contributed by atoms with Crippen LogP contribution in [0.25, 0.3) is 0 Å². The van der Waals surface area contributed by atoms with Crippen LogP contribution < -0.4 is 5.32 Å². The lowest BCUT2D eigenvalue weighted by Gasteiger charge is -2.17. The van der Waals surface area contributed by atoms with Gasteiger partial charge < -0.3 is 9.84 Å². The normalized spacial score (nSPS) is 16.9. The highest BCUT2D eigenvalue weighted by molar-refractivity contribution is 5.87. The minimum absolute atomic E-state index is 0.186. The maximum atomic E-state index is 11.3. The van der Waals surface area contributed by atoms with Gasteiger partial charge in [0.15, 0.2) is 5.82 Å². The van der Waals surface area contributed by atoms with E-state index in [4.69, 9.17) is 4.52 Å². The number of hydrogen-bond acceptors (Lipinski definition) is 4. The number of amides is 1. The molecule has 0 aromatic carbocycles. The van der Waals surface area contributed by atoms with Gasteiger partial charge in [-0.2, -0.15) is 4.98 Å². The van der Waals surface area contributed by atoms with E-state index in [1.54, 1.807) is 0 Å². The van der Waals surface area contributed by atoms with Crippen molar-refractivity contribution in [1.82, 2.24) is 15.5 Å². The van der Waals surface area contributed by atoms with Crippen LogP contribution in [0.15, 0.2) is 17.2 Å². The van der Waals surface area contributed by atoms with E-state index < -0.39 is 0 Å². The van der Waals surface area contributed by atoms with Crippen LogP contribution in [0.2, 0.25) is 0 Å². The van der Waals surface area contributed by atoms with Crippen molar-refractivity contribution in [2.75, 3.05) is 0 Å². The smallest absolute Gasteiger partial charge is 0.249 e. The zero-order valence-corrected chi connectivity index (χ0v) is 10.1. The summed E-state index contributed by atoms with van der Waals surface area (Å²) in [5.74, 6) is 1.66. The summed E-state index contributed by atoms with van der Waals surface area (Å²) in [7, 11) is 0. The molecule has 1 unspecified atom stereocenters. The first-order valence-electron chi connectivity index (χ1n) is 5.88. The van der Waals surface area contributed by atoms with E-state index >= 15 is 0 Å². The fraction of sp³-hybridized carbons (Fsp3) is 0.583. The summed E-state index contributed by atoms with van der Waals surface area (Å²) in [5, 5.41) is 6.75. The molecule has 1 aromatic rings. The topological polar surface area (TPSA) is 68.0 Å². The average Bonchev–Trinajstić information content (AvgIpc) is 3.04. The van der Waals surface area contributed by atoms with Gasteiger partial charge in [0, 0.05) is 5.92 Å². The third kappa shape index (κ3) is 2.72. The third-order valence-electron chi connectivity index (χ3n) is 2.82. The molecule has 0 bridgehead atoms. The Kier molecular flexibility index (Phi) is 3.26. The van der Waals surface area contributed by atoms with Gasteiger partial charge >= 0.3 is 0 Å². The number of carbonyl (C=O) groups is 1. The Morgan fingerprint density at radius 2 is 2.29 bits per heavy atom. The summed E-state index contributed by atoms with van der Waals surface area (Å²) < 4.78 is 5.22. The van der Waals surface area contributed by atoms with Gasteiger partial charge in [-0.15, -0.1) is 0 Å². The molecular formula is C12H17N3O2. The molecule has 1 aliphatic rings. The largest absolute Gasteiger partial charge is 0.340 e. The maximum absolute atomic E-state index is 11.3. The van der Waals surface area contributed by atoms with Crippen LogP contribution in [0.4, 0.5) is 0 Å². The molecule has 5 heteroatoms. The van der Waals surface area contributed by atoms with E-state index in [-0.39, 0.29) is 17.9 Å². The molecule has 1 aliphatic carbocycles. The Morgan fingerprint density at radius 1 is 1.59 bits per heavy atom. The fourth-order valence-corrected chi connectivity index (χ4v) is 1.61. The molecule has 0 aliphatic heterocycles. The summed E-state index contributed by atoms with van der Waals surface area (Å²) >= 11 is 0. The standard InChI is InChI=1S/C12H17N3O2/c1-4-9(16)13-10(7(2)3)12-14-11(15-17-12)8-5-6-8/h4,7-8,10H,1,5-6H2,2-3H3,(H,13,16).